The van der Waals surface area contributed by atoms with E-state index in [4.69, 9.17) is 0 Å². The van der Waals surface area contributed by atoms with E-state index < -0.39 is 0 Å². The van der Waals surface area contributed by atoms with Crippen LogP contribution < -0.4 is 0 Å². The molecular weight excluding hydrogens is 336 g/mol. The Kier molecular flexibility index (Phi) is 4.72. The van der Waals surface area contributed by atoms with Crippen molar-refractivity contribution in [2.75, 3.05) is 26.7 Å². The lowest BCUT2D eigenvalue weighted by Gasteiger charge is -2.43. The van der Waals surface area contributed by atoms with Crippen LogP contribution in [0.4, 0.5) is 0 Å². The third kappa shape index (κ3) is 3.36. The van der Waals surface area contributed by atoms with E-state index in [9.17, 15) is 4.79 Å². The van der Waals surface area contributed by atoms with Gasteiger partial charge >= 0.3 is 0 Å². The minimum Gasteiger partial charge on any atom is -0.338 e. The molecule has 2 fully saturated rings. The van der Waals surface area contributed by atoms with Crippen LogP contribution in [0, 0.1) is 13.8 Å². The Morgan fingerprint density at radius 3 is 2.52 bits per heavy atom. The number of hydrogen-bond donors (Lipinski definition) is 0. The summed E-state index contributed by atoms with van der Waals surface area (Å²) in [5.41, 5.74) is 3.07. The van der Waals surface area contributed by atoms with Crippen LogP contribution in [0.3, 0.4) is 0 Å². The zero-order valence-corrected chi connectivity index (χ0v) is 16.5. The molecule has 2 aliphatic heterocycles. The van der Waals surface area contributed by atoms with Gasteiger partial charge in [0.2, 0.25) is 0 Å². The molecule has 1 aromatic carbocycles. The standard InChI is InChI=1S/C22H28N4O/c1-16-20(14-23-17(2)24-16)21(27)26-11-9-22(10-12-26)13-19(15-25(22)3)18-7-5-4-6-8-18/h4-8,14,19H,9-13,15H2,1-3H3/t19-/m0/s1. The fraction of sp³-hybridized carbons (Fsp3) is 0.500. The van der Waals surface area contributed by atoms with Gasteiger partial charge < -0.3 is 4.90 Å². The van der Waals surface area contributed by atoms with E-state index in [1.807, 2.05) is 18.7 Å². The highest BCUT2D eigenvalue weighted by Gasteiger charge is 2.46. The van der Waals surface area contributed by atoms with E-state index in [-0.39, 0.29) is 11.4 Å². The fourth-order valence-electron chi connectivity index (χ4n) is 4.83. The lowest BCUT2D eigenvalue weighted by Crippen LogP contribution is -2.52. The number of likely N-dealkylation sites (N-methyl/N-ethyl adjacent to an activating group) is 1. The van der Waals surface area contributed by atoms with Crippen molar-refractivity contribution >= 4 is 5.91 Å². The van der Waals surface area contributed by atoms with Gasteiger partial charge in [0, 0.05) is 31.4 Å². The van der Waals surface area contributed by atoms with Crippen LogP contribution in [-0.4, -0.2) is 57.9 Å². The lowest BCUT2D eigenvalue weighted by atomic mass is 9.81. The Hall–Kier alpha value is -2.27. The number of rotatable bonds is 2. The molecule has 1 amide bonds. The molecular formula is C22H28N4O. The molecule has 0 unspecified atom stereocenters. The first-order valence-corrected chi connectivity index (χ1v) is 9.84. The smallest absolute Gasteiger partial charge is 0.257 e. The highest BCUT2D eigenvalue weighted by atomic mass is 16.2. The first-order chi connectivity index (χ1) is 13.0. The van der Waals surface area contributed by atoms with Gasteiger partial charge in [-0.05, 0) is 51.6 Å². The first-order valence-electron chi connectivity index (χ1n) is 9.84. The summed E-state index contributed by atoms with van der Waals surface area (Å²) >= 11 is 0. The van der Waals surface area contributed by atoms with Gasteiger partial charge in [0.05, 0.1) is 11.3 Å². The molecule has 142 valence electrons. The molecule has 0 N–H and O–H groups in total. The number of aryl methyl sites for hydroxylation is 2. The predicted octanol–water partition coefficient (Wildman–Crippen LogP) is 3.19. The second-order valence-corrected chi connectivity index (χ2v) is 8.13. The second-order valence-electron chi connectivity index (χ2n) is 8.13. The van der Waals surface area contributed by atoms with Gasteiger partial charge in [-0.3, -0.25) is 9.69 Å². The summed E-state index contributed by atoms with van der Waals surface area (Å²) in [5, 5.41) is 0. The summed E-state index contributed by atoms with van der Waals surface area (Å²) in [7, 11) is 2.25. The highest BCUT2D eigenvalue weighted by molar-refractivity contribution is 5.95. The maximum absolute atomic E-state index is 12.9. The Bertz CT molecular complexity index is 827. The van der Waals surface area contributed by atoms with Crippen LogP contribution in [-0.2, 0) is 0 Å². The van der Waals surface area contributed by atoms with Gasteiger partial charge in [0.25, 0.3) is 5.91 Å². The minimum atomic E-state index is 0.0719. The van der Waals surface area contributed by atoms with Crippen LogP contribution in [0.2, 0.25) is 0 Å². The second kappa shape index (κ2) is 7.04. The molecule has 1 spiro atoms. The number of nitrogens with zero attached hydrogens (tertiary/aromatic N) is 4. The van der Waals surface area contributed by atoms with E-state index in [2.05, 4.69) is 52.2 Å². The van der Waals surface area contributed by atoms with E-state index in [0.29, 0.717) is 17.3 Å². The molecule has 0 bridgehead atoms. The zero-order valence-electron chi connectivity index (χ0n) is 16.5. The molecule has 2 saturated heterocycles. The number of carbonyl (C=O) groups is 1. The normalized spacial score (nSPS) is 22.3. The number of piperidine rings is 1. The van der Waals surface area contributed by atoms with Crippen LogP contribution >= 0.6 is 0 Å². The highest BCUT2D eigenvalue weighted by Crippen LogP contribution is 2.44. The Morgan fingerprint density at radius 1 is 1.15 bits per heavy atom. The molecule has 2 aliphatic rings. The monoisotopic (exact) mass is 364 g/mol. The third-order valence-corrected chi connectivity index (χ3v) is 6.51. The van der Waals surface area contributed by atoms with Crippen LogP contribution in [0.1, 0.15) is 52.6 Å². The molecule has 0 aliphatic carbocycles. The summed E-state index contributed by atoms with van der Waals surface area (Å²) in [5.74, 6) is 1.37. The van der Waals surface area contributed by atoms with Crippen molar-refractivity contribution in [1.29, 1.82) is 0 Å². The molecule has 27 heavy (non-hydrogen) atoms. The van der Waals surface area contributed by atoms with E-state index >= 15 is 0 Å². The molecule has 0 saturated carbocycles. The minimum absolute atomic E-state index is 0.0719. The third-order valence-electron chi connectivity index (χ3n) is 6.51. The maximum atomic E-state index is 12.9. The molecule has 4 rings (SSSR count). The predicted molar refractivity (Wildman–Crippen MR) is 106 cm³/mol. The van der Waals surface area contributed by atoms with Crippen molar-refractivity contribution in [2.24, 2.45) is 0 Å². The summed E-state index contributed by atoms with van der Waals surface area (Å²) in [6.45, 7) is 6.45. The topological polar surface area (TPSA) is 49.3 Å². The molecule has 5 nitrogen and oxygen atoms in total. The average molecular weight is 364 g/mol. The van der Waals surface area contributed by atoms with Gasteiger partial charge in [-0.25, -0.2) is 9.97 Å². The van der Waals surface area contributed by atoms with Gasteiger partial charge in [-0.2, -0.15) is 0 Å². The maximum Gasteiger partial charge on any atom is 0.257 e. The van der Waals surface area contributed by atoms with Crippen molar-refractivity contribution in [2.45, 2.75) is 44.6 Å². The molecule has 2 aromatic rings. The Morgan fingerprint density at radius 2 is 1.85 bits per heavy atom. The number of aromatic nitrogens is 2. The van der Waals surface area contributed by atoms with E-state index in [0.717, 1.165) is 38.2 Å². The van der Waals surface area contributed by atoms with E-state index in [1.165, 1.54) is 12.0 Å². The van der Waals surface area contributed by atoms with E-state index in [1.54, 1.807) is 6.20 Å². The molecule has 1 atom stereocenters. The summed E-state index contributed by atoms with van der Waals surface area (Å²) in [6.07, 6.45) is 4.92. The number of hydrogen-bond acceptors (Lipinski definition) is 4. The van der Waals surface area contributed by atoms with Crippen LogP contribution in [0.15, 0.2) is 36.5 Å². The zero-order chi connectivity index (χ0) is 19.0. The van der Waals surface area contributed by atoms with Gasteiger partial charge in [0.1, 0.15) is 5.82 Å². The molecule has 3 heterocycles. The van der Waals surface area contributed by atoms with Crippen molar-refractivity contribution in [3.05, 3.63) is 59.2 Å². The van der Waals surface area contributed by atoms with Crippen molar-refractivity contribution in [1.82, 2.24) is 19.8 Å². The van der Waals surface area contributed by atoms with Crippen molar-refractivity contribution < 1.29 is 4.79 Å². The average Bonchev–Trinajstić information content (AvgIpc) is 2.99. The largest absolute Gasteiger partial charge is 0.338 e. The fourth-order valence-corrected chi connectivity index (χ4v) is 4.83. The lowest BCUT2D eigenvalue weighted by molar-refractivity contribution is 0.0490. The number of benzene rings is 1. The van der Waals surface area contributed by atoms with Crippen LogP contribution in [0.5, 0.6) is 0 Å². The number of likely N-dealkylation sites (tertiary alicyclic amines) is 2. The van der Waals surface area contributed by atoms with Crippen molar-refractivity contribution in [3.8, 4) is 0 Å². The molecule has 1 aromatic heterocycles. The number of carbonyl (C=O) groups excluding carboxylic acids is 1. The molecule has 0 radical (unpaired) electrons. The van der Waals surface area contributed by atoms with Gasteiger partial charge in [0.15, 0.2) is 0 Å². The van der Waals surface area contributed by atoms with Gasteiger partial charge in [-0.1, -0.05) is 30.3 Å². The Labute approximate surface area is 161 Å². The Balaban J connectivity index is 1.44. The first kappa shape index (κ1) is 18.1. The van der Waals surface area contributed by atoms with Crippen LogP contribution in [0.25, 0.3) is 0 Å². The number of amides is 1. The summed E-state index contributed by atoms with van der Waals surface area (Å²) in [6, 6.07) is 10.8. The quantitative estimate of drug-likeness (QED) is 0.821. The summed E-state index contributed by atoms with van der Waals surface area (Å²) < 4.78 is 0. The van der Waals surface area contributed by atoms with Crippen molar-refractivity contribution in [3.63, 3.8) is 0 Å². The molecule has 5 heteroatoms. The SMILES string of the molecule is Cc1ncc(C(=O)N2CCC3(CC2)C[C@H](c2ccccc2)CN3C)c(C)n1. The summed E-state index contributed by atoms with van der Waals surface area (Å²) in [4.78, 5) is 26.0. The van der Waals surface area contributed by atoms with Gasteiger partial charge in [-0.15, -0.1) is 0 Å².